The highest BCUT2D eigenvalue weighted by molar-refractivity contribution is 6.08. The van der Waals surface area contributed by atoms with E-state index in [2.05, 4.69) is 15.6 Å². The highest BCUT2D eigenvalue weighted by Gasteiger charge is 2.24. The summed E-state index contributed by atoms with van der Waals surface area (Å²) in [5, 5.41) is 6.58. The van der Waals surface area contributed by atoms with Gasteiger partial charge in [-0.1, -0.05) is 12.1 Å². The monoisotopic (exact) mass is 325 g/mol. The van der Waals surface area contributed by atoms with E-state index < -0.39 is 6.04 Å². The van der Waals surface area contributed by atoms with E-state index in [-0.39, 0.29) is 11.8 Å². The van der Waals surface area contributed by atoms with Gasteiger partial charge < -0.3 is 10.6 Å². The third-order valence-corrected chi connectivity index (χ3v) is 4.72. The second-order valence-corrected chi connectivity index (χ2v) is 6.53. The predicted octanol–water partition coefficient (Wildman–Crippen LogP) is 2.56. The molecule has 1 saturated heterocycles. The third kappa shape index (κ3) is 3.11. The van der Waals surface area contributed by atoms with Crippen molar-refractivity contribution < 1.29 is 9.59 Å². The van der Waals surface area contributed by atoms with Crippen molar-refractivity contribution in [3.8, 4) is 0 Å². The molecule has 0 spiro atoms. The first-order valence-electron chi connectivity index (χ1n) is 8.43. The molecule has 24 heavy (non-hydrogen) atoms. The van der Waals surface area contributed by atoms with Crippen LogP contribution in [-0.2, 0) is 4.79 Å². The number of benzene rings is 1. The van der Waals surface area contributed by atoms with Gasteiger partial charge in [0.05, 0.1) is 11.1 Å². The second kappa shape index (κ2) is 6.59. The van der Waals surface area contributed by atoms with Gasteiger partial charge in [-0.25, -0.2) is 0 Å². The topological polar surface area (TPSA) is 71.1 Å². The van der Waals surface area contributed by atoms with Crippen LogP contribution in [0.2, 0.25) is 0 Å². The molecule has 2 aromatic rings. The van der Waals surface area contributed by atoms with Gasteiger partial charge in [0, 0.05) is 17.6 Å². The quantitative estimate of drug-likeness (QED) is 0.891. The van der Waals surface area contributed by atoms with Crippen LogP contribution < -0.4 is 10.6 Å². The number of aromatic nitrogens is 1. The molecule has 1 aromatic heterocycles. The minimum Gasteiger partial charge on any atom is -0.354 e. The molecular weight excluding hydrogens is 302 g/mol. The fraction of sp³-hybridized carbons (Fsp3) is 0.421. The first kappa shape index (κ1) is 16.4. The number of nitrogens with one attached hydrogen (secondary N) is 2. The van der Waals surface area contributed by atoms with E-state index in [1.807, 2.05) is 32.9 Å². The first-order chi connectivity index (χ1) is 11.5. The summed E-state index contributed by atoms with van der Waals surface area (Å²) in [6.45, 7) is 6.62. The Morgan fingerprint density at radius 1 is 1.25 bits per heavy atom. The van der Waals surface area contributed by atoms with E-state index in [1.54, 1.807) is 6.07 Å². The predicted molar refractivity (Wildman–Crippen MR) is 94.1 cm³/mol. The first-order valence-corrected chi connectivity index (χ1v) is 8.43. The molecule has 0 unspecified atom stereocenters. The molecule has 0 radical (unpaired) electrons. The number of hydrogen-bond acceptors (Lipinski definition) is 3. The molecule has 0 bridgehead atoms. The van der Waals surface area contributed by atoms with Gasteiger partial charge in [-0.2, -0.15) is 0 Å². The van der Waals surface area contributed by atoms with E-state index in [0.717, 1.165) is 40.6 Å². The van der Waals surface area contributed by atoms with Gasteiger partial charge >= 0.3 is 0 Å². The number of nitrogens with zero attached hydrogens (tertiary/aromatic N) is 1. The van der Waals surface area contributed by atoms with E-state index in [4.69, 9.17) is 0 Å². The van der Waals surface area contributed by atoms with Crippen LogP contribution in [0.3, 0.4) is 0 Å². The van der Waals surface area contributed by atoms with Crippen molar-refractivity contribution in [2.75, 3.05) is 6.54 Å². The molecule has 1 aliphatic rings. The van der Waals surface area contributed by atoms with Gasteiger partial charge in [0.15, 0.2) is 0 Å². The molecule has 0 aliphatic carbocycles. The molecule has 2 amide bonds. The second-order valence-electron chi connectivity index (χ2n) is 6.53. The minimum atomic E-state index is -0.463. The highest BCUT2D eigenvalue weighted by atomic mass is 16.2. The van der Waals surface area contributed by atoms with Crippen molar-refractivity contribution in [3.05, 3.63) is 40.6 Å². The summed E-state index contributed by atoms with van der Waals surface area (Å²) >= 11 is 0. The SMILES string of the molecule is Cc1cc(C(=O)N[C@H]2CCCCNC2=O)c2ccc(C)c(C)c2n1. The van der Waals surface area contributed by atoms with Crippen LogP contribution in [0.4, 0.5) is 0 Å². The normalized spacial score (nSPS) is 18.1. The van der Waals surface area contributed by atoms with Gasteiger partial charge in [-0.3, -0.25) is 14.6 Å². The van der Waals surface area contributed by atoms with E-state index in [9.17, 15) is 9.59 Å². The molecule has 1 aliphatic heterocycles. The fourth-order valence-electron chi connectivity index (χ4n) is 3.16. The van der Waals surface area contributed by atoms with Crippen LogP contribution in [0.1, 0.15) is 46.4 Å². The zero-order chi connectivity index (χ0) is 17.3. The van der Waals surface area contributed by atoms with Crippen molar-refractivity contribution in [1.82, 2.24) is 15.6 Å². The van der Waals surface area contributed by atoms with Gasteiger partial charge in [0.1, 0.15) is 6.04 Å². The number of carbonyl (C=O) groups is 2. The van der Waals surface area contributed by atoms with Crippen LogP contribution in [-0.4, -0.2) is 29.4 Å². The van der Waals surface area contributed by atoms with Crippen LogP contribution >= 0.6 is 0 Å². The lowest BCUT2D eigenvalue weighted by atomic mass is 10.00. The highest BCUT2D eigenvalue weighted by Crippen LogP contribution is 2.24. The molecule has 2 N–H and O–H groups in total. The van der Waals surface area contributed by atoms with Gasteiger partial charge in [0.2, 0.25) is 5.91 Å². The number of amides is 2. The van der Waals surface area contributed by atoms with Crippen LogP contribution in [0.5, 0.6) is 0 Å². The molecule has 2 heterocycles. The van der Waals surface area contributed by atoms with E-state index in [1.165, 1.54) is 0 Å². The van der Waals surface area contributed by atoms with Crippen molar-refractivity contribution >= 4 is 22.7 Å². The minimum absolute atomic E-state index is 0.0945. The Labute approximate surface area is 141 Å². The Morgan fingerprint density at radius 2 is 2.04 bits per heavy atom. The number of carbonyl (C=O) groups excluding carboxylic acids is 2. The van der Waals surface area contributed by atoms with Crippen molar-refractivity contribution in [1.29, 1.82) is 0 Å². The summed E-state index contributed by atoms with van der Waals surface area (Å²) in [4.78, 5) is 29.5. The number of pyridine rings is 1. The van der Waals surface area contributed by atoms with Crippen LogP contribution in [0.25, 0.3) is 10.9 Å². The number of fused-ring (bicyclic) bond motifs is 1. The molecule has 3 rings (SSSR count). The maximum Gasteiger partial charge on any atom is 0.252 e. The molecule has 5 heteroatoms. The lowest BCUT2D eigenvalue weighted by Crippen LogP contribution is -2.45. The number of aryl methyl sites for hydroxylation is 3. The van der Waals surface area contributed by atoms with E-state index >= 15 is 0 Å². The summed E-state index contributed by atoms with van der Waals surface area (Å²) in [6.07, 6.45) is 2.56. The molecule has 1 fully saturated rings. The smallest absolute Gasteiger partial charge is 0.252 e. The lowest BCUT2D eigenvalue weighted by Gasteiger charge is -2.17. The van der Waals surface area contributed by atoms with Crippen molar-refractivity contribution in [2.45, 2.75) is 46.1 Å². The zero-order valence-corrected chi connectivity index (χ0v) is 14.4. The summed E-state index contributed by atoms with van der Waals surface area (Å²) in [5.74, 6) is -0.307. The van der Waals surface area contributed by atoms with Crippen molar-refractivity contribution in [3.63, 3.8) is 0 Å². The molecule has 126 valence electrons. The fourth-order valence-corrected chi connectivity index (χ4v) is 3.16. The molecule has 1 aromatic carbocycles. The summed E-state index contributed by atoms with van der Waals surface area (Å²) in [6, 6.07) is 5.27. The summed E-state index contributed by atoms with van der Waals surface area (Å²) < 4.78 is 0. The molecule has 5 nitrogen and oxygen atoms in total. The molecular formula is C19H23N3O2. The average Bonchev–Trinajstić information content (AvgIpc) is 2.75. The zero-order valence-electron chi connectivity index (χ0n) is 14.4. The average molecular weight is 325 g/mol. The lowest BCUT2D eigenvalue weighted by molar-refractivity contribution is -0.122. The third-order valence-electron chi connectivity index (χ3n) is 4.72. The largest absolute Gasteiger partial charge is 0.354 e. The van der Waals surface area contributed by atoms with Crippen molar-refractivity contribution in [2.24, 2.45) is 0 Å². The van der Waals surface area contributed by atoms with Gasteiger partial charge in [0.25, 0.3) is 5.91 Å². The van der Waals surface area contributed by atoms with Gasteiger partial charge in [-0.15, -0.1) is 0 Å². The number of hydrogen-bond donors (Lipinski definition) is 2. The van der Waals surface area contributed by atoms with Gasteiger partial charge in [-0.05, 0) is 57.2 Å². The Hall–Kier alpha value is -2.43. The number of rotatable bonds is 2. The maximum atomic E-state index is 12.8. The molecule has 0 saturated carbocycles. The maximum absolute atomic E-state index is 12.8. The van der Waals surface area contributed by atoms with Crippen LogP contribution in [0, 0.1) is 20.8 Å². The standard InChI is InChI=1S/C19H23N3O2/c1-11-7-8-14-15(10-12(2)21-17(14)13(11)3)18(23)22-16-6-4-5-9-20-19(16)24/h7-8,10,16H,4-6,9H2,1-3H3,(H,20,24)(H,22,23)/t16-/m0/s1. The summed E-state index contributed by atoms with van der Waals surface area (Å²) in [5.41, 5.74) is 4.46. The van der Waals surface area contributed by atoms with E-state index in [0.29, 0.717) is 18.5 Å². The van der Waals surface area contributed by atoms with Crippen LogP contribution in [0.15, 0.2) is 18.2 Å². The Balaban J connectivity index is 1.97. The summed E-state index contributed by atoms with van der Waals surface area (Å²) in [7, 11) is 0. The Morgan fingerprint density at radius 3 is 2.83 bits per heavy atom. The Bertz CT molecular complexity index is 814. The Kier molecular flexibility index (Phi) is 4.51. The molecule has 1 atom stereocenters.